The Hall–Kier alpha value is -3.32. The lowest BCUT2D eigenvalue weighted by Gasteiger charge is -2.43. The summed E-state index contributed by atoms with van der Waals surface area (Å²) in [7, 11) is 2.08. The average molecular weight is 644 g/mol. The predicted molar refractivity (Wildman–Crippen MR) is 177 cm³/mol. The van der Waals surface area contributed by atoms with Crippen molar-refractivity contribution in [3.63, 3.8) is 0 Å². The van der Waals surface area contributed by atoms with Crippen LogP contribution in [-0.2, 0) is 15.6 Å². The molecule has 0 aliphatic carbocycles. The van der Waals surface area contributed by atoms with Gasteiger partial charge in [-0.25, -0.2) is 13.4 Å². The van der Waals surface area contributed by atoms with Crippen molar-refractivity contribution >= 4 is 50.3 Å². The minimum atomic E-state index is -3.30. The van der Waals surface area contributed by atoms with Crippen LogP contribution in [0.4, 0.5) is 28.8 Å². The first-order chi connectivity index (χ1) is 21.0. The summed E-state index contributed by atoms with van der Waals surface area (Å²) >= 11 is 6.46. The van der Waals surface area contributed by atoms with Gasteiger partial charge < -0.3 is 29.9 Å². The Morgan fingerprint density at radius 2 is 1.70 bits per heavy atom. The number of benzene rings is 2. The lowest BCUT2D eigenvalue weighted by molar-refractivity contribution is 0.0982. The van der Waals surface area contributed by atoms with Crippen molar-refractivity contribution in [1.29, 1.82) is 0 Å². The fourth-order valence-corrected chi connectivity index (χ4v) is 6.87. The van der Waals surface area contributed by atoms with E-state index >= 15 is 0 Å². The minimum absolute atomic E-state index is 0.170. The van der Waals surface area contributed by atoms with Crippen LogP contribution in [0.15, 0.2) is 36.5 Å². The largest absolute Gasteiger partial charge is 0.497 e. The maximum Gasteiger partial charge on any atom is 0.229 e. The molecule has 0 saturated carbocycles. The van der Waals surface area contributed by atoms with Crippen LogP contribution in [0, 0.1) is 6.92 Å². The Labute approximate surface area is 265 Å². The van der Waals surface area contributed by atoms with Crippen LogP contribution >= 0.6 is 11.6 Å². The number of aromatic nitrogens is 2. The van der Waals surface area contributed by atoms with E-state index < -0.39 is 9.84 Å². The molecule has 13 heteroatoms. The zero-order valence-electron chi connectivity index (χ0n) is 26.1. The molecule has 2 aliphatic heterocycles. The number of ether oxygens (including phenoxy) is 2. The van der Waals surface area contributed by atoms with Gasteiger partial charge in [-0.3, -0.25) is 4.90 Å². The van der Waals surface area contributed by atoms with Gasteiger partial charge in [0, 0.05) is 69.0 Å². The molecule has 2 N–H and O–H groups in total. The van der Waals surface area contributed by atoms with Gasteiger partial charge in [0.2, 0.25) is 5.95 Å². The monoisotopic (exact) mass is 643 g/mol. The van der Waals surface area contributed by atoms with E-state index in [0.29, 0.717) is 40.6 Å². The molecule has 2 saturated heterocycles. The van der Waals surface area contributed by atoms with E-state index in [1.165, 1.54) is 25.2 Å². The van der Waals surface area contributed by atoms with Crippen molar-refractivity contribution < 1.29 is 17.9 Å². The molecule has 0 unspecified atom stereocenters. The predicted octanol–water partition coefficient (Wildman–Crippen LogP) is 4.70. The molecule has 5 rings (SSSR count). The second-order valence-electron chi connectivity index (χ2n) is 11.6. The van der Waals surface area contributed by atoms with Crippen LogP contribution in [0.1, 0.15) is 24.0 Å². The van der Waals surface area contributed by atoms with E-state index in [1.54, 1.807) is 25.3 Å². The second-order valence-corrected chi connectivity index (χ2v) is 14.2. The Morgan fingerprint density at radius 1 is 0.977 bits per heavy atom. The highest BCUT2D eigenvalue weighted by atomic mass is 35.5. The van der Waals surface area contributed by atoms with E-state index in [-0.39, 0.29) is 10.8 Å². The number of methoxy groups -OCH3 is 2. The van der Waals surface area contributed by atoms with E-state index in [9.17, 15) is 8.42 Å². The van der Waals surface area contributed by atoms with E-state index in [1.807, 2.05) is 0 Å². The minimum Gasteiger partial charge on any atom is -0.497 e. The maximum absolute atomic E-state index is 12.1. The number of halogens is 1. The first kappa shape index (κ1) is 32.1. The Morgan fingerprint density at radius 3 is 2.36 bits per heavy atom. The van der Waals surface area contributed by atoms with Gasteiger partial charge in [-0.05, 0) is 62.2 Å². The van der Waals surface area contributed by atoms with Crippen molar-refractivity contribution in [2.45, 2.75) is 31.6 Å². The average Bonchev–Trinajstić information content (AvgIpc) is 2.99. The summed E-state index contributed by atoms with van der Waals surface area (Å²) in [5.41, 5.74) is 4.12. The maximum atomic E-state index is 12.1. The lowest BCUT2D eigenvalue weighted by Crippen LogP contribution is -2.52. The van der Waals surface area contributed by atoms with Crippen molar-refractivity contribution in [3.8, 4) is 11.5 Å². The first-order valence-electron chi connectivity index (χ1n) is 14.8. The number of aryl methyl sites for hydroxylation is 1. The number of hydrogen-bond donors (Lipinski definition) is 2. The van der Waals surface area contributed by atoms with E-state index in [2.05, 4.69) is 61.4 Å². The SMILES string of the molecule is COc1ccc(Nc2nc(Nc3cc(C)c(N4CCC(N5CCN(C)CC5)CC4)cc3OC)ncc2Cl)c(CS(C)(=O)=O)c1. The molecule has 2 aromatic carbocycles. The molecule has 2 fully saturated rings. The molecule has 2 aliphatic rings. The van der Waals surface area contributed by atoms with Crippen LogP contribution in [0.3, 0.4) is 0 Å². The molecule has 0 amide bonds. The van der Waals surface area contributed by atoms with Crippen molar-refractivity contribution in [1.82, 2.24) is 19.8 Å². The summed E-state index contributed by atoms with van der Waals surface area (Å²) in [4.78, 5) is 16.5. The molecular formula is C31H42ClN7O4S. The van der Waals surface area contributed by atoms with Crippen molar-refractivity contribution in [2.24, 2.45) is 0 Å². The third kappa shape index (κ3) is 7.84. The fraction of sp³-hybridized carbons (Fsp3) is 0.484. The normalized spacial score (nSPS) is 17.0. The van der Waals surface area contributed by atoms with Crippen molar-refractivity contribution in [3.05, 3.63) is 52.7 Å². The van der Waals surface area contributed by atoms with Gasteiger partial charge in [-0.1, -0.05) is 11.6 Å². The summed E-state index contributed by atoms with van der Waals surface area (Å²) in [6.45, 7) is 8.72. The quantitative estimate of drug-likeness (QED) is 0.321. The highest BCUT2D eigenvalue weighted by Crippen LogP contribution is 2.37. The Bertz CT molecular complexity index is 1570. The highest BCUT2D eigenvalue weighted by molar-refractivity contribution is 7.89. The number of sulfone groups is 1. The number of anilines is 5. The third-order valence-corrected chi connectivity index (χ3v) is 9.46. The molecular weight excluding hydrogens is 602 g/mol. The summed E-state index contributed by atoms with van der Waals surface area (Å²) < 4.78 is 35.3. The first-order valence-corrected chi connectivity index (χ1v) is 17.2. The Balaban J connectivity index is 1.31. The molecule has 0 bridgehead atoms. The Kier molecular flexibility index (Phi) is 10.0. The van der Waals surface area contributed by atoms with E-state index in [4.69, 9.17) is 21.1 Å². The summed E-state index contributed by atoms with van der Waals surface area (Å²) in [5, 5.41) is 6.74. The number of likely N-dealkylation sites (N-methyl/N-ethyl adjacent to an activating group) is 1. The number of nitrogens with zero attached hydrogens (tertiary/aromatic N) is 5. The molecule has 0 atom stereocenters. The molecule has 11 nitrogen and oxygen atoms in total. The summed E-state index contributed by atoms with van der Waals surface area (Å²) in [6.07, 6.45) is 4.99. The highest BCUT2D eigenvalue weighted by Gasteiger charge is 2.28. The van der Waals surface area contributed by atoms with Gasteiger partial charge in [0.15, 0.2) is 15.7 Å². The van der Waals surface area contributed by atoms with E-state index in [0.717, 1.165) is 63.4 Å². The molecule has 3 heterocycles. The summed E-state index contributed by atoms with van der Waals surface area (Å²) in [6, 6.07) is 9.95. The number of rotatable bonds is 10. The number of piperazine rings is 1. The van der Waals surface area contributed by atoms with Gasteiger partial charge in [0.1, 0.15) is 16.5 Å². The van der Waals surface area contributed by atoms with Gasteiger partial charge in [0.05, 0.1) is 31.9 Å². The van der Waals surface area contributed by atoms with Gasteiger partial charge in [-0.15, -0.1) is 0 Å². The zero-order chi connectivity index (χ0) is 31.4. The topological polar surface area (TPSA) is 112 Å². The third-order valence-electron chi connectivity index (χ3n) is 8.35. The summed E-state index contributed by atoms with van der Waals surface area (Å²) in [5.74, 6) is 1.71. The molecule has 0 radical (unpaired) electrons. The van der Waals surface area contributed by atoms with Crippen LogP contribution in [-0.4, -0.2) is 101 Å². The van der Waals surface area contributed by atoms with Crippen LogP contribution in [0.2, 0.25) is 5.02 Å². The van der Waals surface area contributed by atoms with Gasteiger partial charge >= 0.3 is 0 Å². The number of hydrogen-bond acceptors (Lipinski definition) is 11. The second kappa shape index (κ2) is 13.8. The number of nitrogens with one attached hydrogen (secondary N) is 2. The fourth-order valence-electron chi connectivity index (χ4n) is 5.93. The standard InChI is InChI=1S/C31H42ClN7O4S/c1-21-16-27(29(43-4)18-28(21)39-10-8-23(9-11-39)38-14-12-37(2)13-15-38)35-31-33-19-25(32)30(36-31)34-26-7-6-24(42-3)17-22(26)20-44(5,40)41/h6-7,16-19,23H,8-15,20H2,1-5H3,(H2,33,34,35,36). The smallest absolute Gasteiger partial charge is 0.229 e. The zero-order valence-corrected chi connectivity index (χ0v) is 27.6. The molecule has 1 aromatic heterocycles. The lowest BCUT2D eigenvalue weighted by atomic mass is 10.0. The van der Waals surface area contributed by atoms with Crippen molar-refractivity contribution in [2.75, 3.05) is 82.3 Å². The van der Waals surface area contributed by atoms with Gasteiger partial charge in [0.25, 0.3) is 0 Å². The van der Waals surface area contributed by atoms with Crippen LogP contribution < -0.4 is 25.0 Å². The molecule has 238 valence electrons. The van der Waals surface area contributed by atoms with Gasteiger partial charge in [-0.2, -0.15) is 4.98 Å². The van der Waals surface area contributed by atoms with Crippen LogP contribution in [0.25, 0.3) is 0 Å². The molecule has 0 spiro atoms. The molecule has 3 aromatic rings. The number of piperidine rings is 1. The van der Waals surface area contributed by atoms with Crippen LogP contribution in [0.5, 0.6) is 11.5 Å². The molecule has 44 heavy (non-hydrogen) atoms.